The minimum Gasteiger partial charge on any atom is -0.313 e. The lowest BCUT2D eigenvalue weighted by atomic mass is 10.1. The van der Waals surface area contributed by atoms with Crippen molar-refractivity contribution in [1.29, 1.82) is 0 Å². The summed E-state index contributed by atoms with van der Waals surface area (Å²) in [6, 6.07) is 5.87. The van der Waals surface area contributed by atoms with Crippen LogP contribution in [0.1, 0.15) is 19.4 Å². The summed E-state index contributed by atoms with van der Waals surface area (Å²) in [4.78, 5) is 0. The number of halogens is 2. The molecule has 1 aromatic rings. The van der Waals surface area contributed by atoms with E-state index in [1.54, 1.807) is 0 Å². The molecule has 1 rings (SSSR count). The van der Waals surface area contributed by atoms with E-state index in [9.17, 15) is 0 Å². The number of likely N-dealkylation sites (N-methyl/N-ethyl adjacent to an activating group) is 1. The Hall–Kier alpha value is -0.310. The molecule has 0 fully saturated rings. The van der Waals surface area contributed by atoms with Gasteiger partial charge in [0.2, 0.25) is 0 Å². The summed E-state index contributed by atoms with van der Waals surface area (Å²) in [7, 11) is 0. The minimum absolute atomic E-state index is 0.786. The van der Waals surface area contributed by atoms with Crippen LogP contribution in [-0.2, 0) is 0 Å². The molecule has 0 heterocycles. The Labute approximate surface area is 105 Å². The van der Waals surface area contributed by atoms with Crippen molar-refractivity contribution in [3.05, 3.63) is 38.8 Å². The normalized spacial score (nSPS) is 11.9. The van der Waals surface area contributed by atoms with E-state index in [-0.39, 0.29) is 0 Å². The third-order valence-corrected chi connectivity index (χ3v) is 2.85. The van der Waals surface area contributed by atoms with Crippen molar-refractivity contribution in [2.75, 3.05) is 13.1 Å². The van der Waals surface area contributed by atoms with Gasteiger partial charge in [0.25, 0.3) is 0 Å². The van der Waals surface area contributed by atoms with Gasteiger partial charge in [-0.15, -0.1) is 0 Å². The summed E-state index contributed by atoms with van der Waals surface area (Å²) in [6.45, 7) is 6.08. The van der Waals surface area contributed by atoms with Gasteiger partial charge < -0.3 is 5.32 Å². The van der Waals surface area contributed by atoms with Crippen molar-refractivity contribution in [3.8, 4) is 0 Å². The van der Waals surface area contributed by atoms with Crippen LogP contribution >= 0.6 is 27.5 Å². The van der Waals surface area contributed by atoms with Gasteiger partial charge in [-0.3, -0.25) is 0 Å². The molecule has 0 aliphatic heterocycles. The second-order valence-electron chi connectivity index (χ2n) is 3.44. The molecule has 0 atom stereocenters. The molecule has 0 saturated heterocycles. The van der Waals surface area contributed by atoms with Gasteiger partial charge in [0, 0.05) is 16.0 Å². The van der Waals surface area contributed by atoms with Gasteiger partial charge in [0.1, 0.15) is 0 Å². The lowest BCUT2D eigenvalue weighted by molar-refractivity contribution is 0.778. The topological polar surface area (TPSA) is 12.0 Å². The van der Waals surface area contributed by atoms with E-state index in [0.29, 0.717) is 0 Å². The molecule has 0 spiro atoms. The highest BCUT2D eigenvalue weighted by atomic mass is 79.9. The summed E-state index contributed by atoms with van der Waals surface area (Å²) in [6.07, 6.45) is 2.11. The Balaban J connectivity index is 2.82. The summed E-state index contributed by atoms with van der Waals surface area (Å²) in [5.74, 6) is 0. The zero-order valence-corrected chi connectivity index (χ0v) is 11.3. The Kier molecular flexibility index (Phi) is 5.37. The van der Waals surface area contributed by atoms with Crippen molar-refractivity contribution < 1.29 is 0 Å². The fourth-order valence-electron chi connectivity index (χ4n) is 1.26. The maximum atomic E-state index is 6.09. The monoisotopic (exact) mass is 287 g/mol. The highest BCUT2D eigenvalue weighted by Crippen LogP contribution is 2.23. The van der Waals surface area contributed by atoms with Crippen LogP contribution in [0.15, 0.2) is 28.2 Å². The Morgan fingerprint density at radius 2 is 2.27 bits per heavy atom. The van der Waals surface area contributed by atoms with Crippen molar-refractivity contribution >= 4 is 33.6 Å². The molecule has 0 saturated carbocycles. The van der Waals surface area contributed by atoms with Crippen LogP contribution in [0.3, 0.4) is 0 Å². The molecule has 0 aromatic heterocycles. The van der Waals surface area contributed by atoms with Gasteiger partial charge in [-0.05, 0) is 37.2 Å². The van der Waals surface area contributed by atoms with E-state index < -0.39 is 0 Å². The van der Waals surface area contributed by atoms with Crippen molar-refractivity contribution in [2.24, 2.45) is 0 Å². The zero-order valence-electron chi connectivity index (χ0n) is 8.98. The van der Waals surface area contributed by atoms with Crippen LogP contribution < -0.4 is 5.32 Å². The maximum Gasteiger partial charge on any atom is 0.0479 e. The van der Waals surface area contributed by atoms with Crippen molar-refractivity contribution in [3.63, 3.8) is 0 Å². The van der Waals surface area contributed by atoms with E-state index in [4.69, 9.17) is 11.6 Å². The van der Waals surface area contributed by atoms with Gasteiger partial charge in [-0.25, -0.2) is 0 Å². The zero-order chi connectivity index (χ0) is 11.3. The van der Waals surface area contributed by atoms with E-state index in [0.717, 1.165) is 28.1 Å². The van der Waals surface area contributed by atoms with Crippen LogP contribution in [0.25, 0.3) is 6.08 Å². The van der Waals surface area contributed by atoms with Gasteiger partial charge in [-0.2, -0.15) is 0 Å². The number of hydrogen-bond acceptors (Lipinski definition) is 1. The van der Waals surface area contributed by atoms with Crippen LogP contribution in [0, 0.1) is 0 Å². The Morgan fingerprint density at radius 3 is 2.93 bits per heavy atom. The number of benzene rings is 1. The molecular weight excluding hydrogens is 273 g/mol. The molecule has 0 bridgehead atoms. The Morgan fingerprint density at radius 1 is 1.53 bits per heavy atom. The molecule has 3 heteroatoms. The van der Waals surface area contributed by atoms with Crippen molar-refractivity contribution in [1.82, 2.24) is 5.32 Å². The molecule has 0 unspecified atom stereocenters. The molecule has 0 aliphatic carbocycles. The summed E-state index contributed by atoms with van der Waals surface area (Å²) < 4.78 is 1.05. The predicted molar refractivity (Wildman–Crippen MR) is 71.3 cm³/mol. The standard InChI is InChI=1S/C12H15BrClN/c1-3-15-8-9(2)6-10-7-11(13)4-5-12(10)14/h4-7,15H,3,8H2,1-2H3/b9-6+. The van der Waals surface area contributed by atoms with E-state index in [2.05, 4.69) is 41.2 Å². The first kappa shape index (κ1) is 12.8. The third kappa shape index (κ3) is 4.37. The van der Waals surface area contributed by atoms with Crippen molar-refractivity contribution in [2.45, 2.75) is 13.8 Å². The number of hydrogen-bond donors (Lipinski definition) is 1. The van der Waals surface area contributed by atoms with Gasteiger partial charge in [-0.1, -0.05) is 46.1 Å². The minimum atomic E-state index is 0.786. The molecule has 1 nitrogen and oxygen atoms in total. The molecule has 1 aromatic carbocycles. The molecule has 82 valence electrons. The highest BCUT2D eigenvalue weighted by Gasteiger charge is 1.98. The first-order chi connectivity index (χ1) is 7.13. The van der Waals surface area contributed by atoms with Gasteiger partial charge in [0.15, 0.2) is 0 Å². The molecule has 0 amide bonds. The second kappa shape index (κ2) is 6.31. The third-order valence-electron chi connectivity index (χ3n) is 2.01. The molecule has 15 heavy (non-hydrogen) atoms. The maximum absolute atomic E-state index is 6.09. The average molecular weight is 289 g/mol. The summed E-state index contributed by atoms with van der Waals surface area (Å²) in [5, 5.41) is 4.07. The van der Waals surface area contributed by atoms with E-state index >= 15 is 0 Å². The molecule has 1 N–H and O–H groups in total. The van der Waals surface area contributed by atoms with Gasteiger partial charge in [0.05, 0.1) is 0 Å². The quantitative estimate of drug-likeness (QED) is 0.879. The van der Waals surface area contributed by atoms with Crippen LogP contribution in [0.4, 0.5) is 0 Å². The second-order valence-corrected chi connectivity index (χ2v) is 4.76. The van der Waals surface area contributed by atoms with Crippen LogP contribution in [0.2, 0.25) is 5.02 Å². The summed E-state index contributed by atoms with van der Waals surface area (Å²) >= 11 is 9.52. The average Bonchev–Trinajstić information content (AvgIpc) is 2.20. The fourth-order valence-corrected chi connectivity index (χ4v) is 1.81. The van der Waals surface area contributed by atoms with E-state index in [1.165, 1.54) is 5.57 Å². The van der Waals surface area contributed by atoms with Crippen LogP contribution in [-0.4, -0.2) is 13.1 Å². The van der Waals surface area contributed by atoms with Crippen LogP contribution in [0.5, 0.6) is 0 Å². The lowest BCUT2D eigenvalue weighted by Gasteiger charge is -2.04. The van der Waals surface area contributed by atoms with Gasteiger partial charge >= 0.3 is 0 Å². The predicted octanol–water partition coefficient (Wildman–Crippen LogP) is 4.12. The smallest absolute Gasteiger partial charge is 0.0479 e. The summed E-state index contributed by atoms with van der Waals surface area (Å²) in [5.41, 5.74) is 2.33. The highest BCUT2D eigenvalue weighted by molar-refractivity contribution is 9.10. The largest absolute Gasteiger partial charge is 0.313 e. The SMILES string of the molecule is CCNC/C(C)=C/c1cc(Br)ccc1Cl. The lowest BCUT2D eigenvalue weighted by Crippen LogP contribution is -2.14. The number of rotatable bonds is 4. The first-order valence-electron chi connectivity index (χ1n) is 4.96. The molecule has 0 aliphatic rings. The van der Waals surface area contributed by atoms with E-state index in [1.807, 2.05) is 18.2 Å². The fraction of sp³-hybridized carbons (Fsp3) is 0.333. The number of nitrogens with one attached hydrogen (secondary N) is 1. The molecular formula is C12H15BrClN. The molecule has 0 radical (unpaired) electrons. The Bertz CT molecular complexity index is 361. The first-order valence-corrected chi connectivity index (χ1v) is 6.13.